The smallest absolute Gasteiger partial charge is 0.166 e. The highest BCUT2D eigenvalue weighted by Crippen LogP contribution is 2.29. The maximum Gasteiger partial charge on any atom is 0.166 e. The molecule has 0 bridgehead atoms. The molecule has 21 heavy (non-hydrogen) atoms. The molecule has 0 aromatic heterocycles. The summed E-state index contributed by atoms with van der Waals surface area (Å²) in [5, 5.41) is 7.46. The summed E-state index contributed by atoms with van der Waals surface area (Å²) in [6.07, 6.45) is 5.02. The molecule has 0 heterocycles. The van der Waals surface area contributed by atoms with E-state index in [9.17, 15) is 0 Å². The molecule has 1 fully saturated rings. The lowest BCUT2D eigenvalue weighted by atomic mass is 10.1. The van der Waals surface area contributed by atoms with Crippen LogP contribution in [0.5, 0.6) is 11.5 Å². The predicted octanol–water partition coefficient (Wildman–Crippen LogP) is 3.17. The summed E-state index contributed by atoms with van der Waals surface area (Å²) in [5.74, 6) is 1.47. The van der Waals surface area contributed by atoms with Gasteiger partial charge in [0.2, 0.25) is 0 Å². The van der Waals surface area contributed by atoms with Gasteiger partial charge in [-0.1, -0.05) is 18.9 Å². The number of hydrogen-bond acceptors (Lipinski definition) is 3. The Bertz CT molecular complexity index is 487. The third-order valence-corrected chi connectivity index (χ3v) is 4.18. The second kappa shape index (κ2) is 7.50. The standard InChI is InChI=1S/C16H24N2O2S/c1-11(17-16(21)18-13-6-4-5-7-13)12-8-9-14(19-2)15(10-12)20-3/h8-11,13H,4-7H2,1-3H3,(H2,17,18,21)/t11-/m0/s1. The molecule has 0 amide bonds. The van der Waals surface area contributed by atoms with Crippen LogP contribution in [0.25, 0.3) is 0 Å². The van der Waals surface area contributed by atoms with Crippen LogP contribution < -0.4 is 20.1 Å². The lowest BCUT2D eigenvalue weighted by molar-refractivity contribution is 0.354. The van der Waals surface area contributed by atoms with Crippen molar-refractivity contribution < 1.29 is 9.47 Å². The van der Waals surface area contributed by atoms with Gasteiger partial charge in [-0.2, -0.15) is 0 Å². The van der Waals surface area contributed by atoms with E-state index in [1.807, 2.05) is 18.2 Å². The van der Waals surface area contributed by atoms with Crippen LogP contribution in [0.3, 0.4) is 0 Å². The van der Waals surface area contributed by atoms with E-state index < -0.39 is 0 Å². The average Bonchev–Trinajstić information content (AvgIpc) is 2.99. The minimum atomic E-state index is 0.117. The first-order valence-corrected chi connectivity index (χ1v) is 7.84. The molecule has 1 aromatic carbocycles. The molecular weight excluding hydrogens is 284 g/mol. The molecule has 4 nitrogen and oxygen atoms in total. The Hall–Kier alpha value is -1.49. The topological polar surface area (TPSA) is 42.5 Å². The first-order valence-electron chi connectivity index (χ1n) is 7.43. The summed E-state index contributed by atoms with van der Waals surface area (Å²) < 4.78 is 10.6. The van der Waals surface area contributed by atoms with Gasteiger partial charge in [0.15, 0.2) is 16.6 Å². The van der Waals surface area contributed by atoms with Crippen LogP contribution in [-0.4, -0.2) is 25.4 Å². The van der Waals surface area contributed by atoms with Crippen molar-refractivity contribution in [1.29, 1.82) is 0 Å². The first-order chi connectivity index (χ1) is 10.1. The monoisotopic (exact) mass is 308 g/mol. The Morgan fingerprint density at radius 3 is 2.48 bits per heavy atom. The number of benzene rings is 1. The number of methoxy groups -OCH3 is 2. The van der Waals surface area contributed by atoms with Crippen molar-refractivity contribution in [1.82, 2.24) is 10.6 Å². The van der Waals surface area contributed by atoms with Gasteiger partial charge in [-0.05, 0) is 49.7 Å². The maximum atomic E-state index is 5.40. The van der Waals surface area contributed by atoms with Gasteiger partial charge in [-0.25, -0.2) is 0 Å². The number of rotatable bonds is 5. The van der Waals surface area contributed by atoms with Gasteiger partial charge in [-0.15, -0.1) is 0 Å². The fourth-order valence-electron chi connectivity index (χ4n) is 2.70. The Labute approximate surface area is 132 Å². The second-order valence-corrected chi connectivity index (χ2v) is 5.84. The van der Waals surface area contributed by atoms with Gasteiger partial charge in [-0.3, -0.25) is 0 Å². The van der Waals surface area contributed by atoms with E-state index in [2.05, 4.69) is 17.6 Å². The molecule has 1 aliphatic carbocycles. The van der Waals surface area contributed by atoms with E-state index >= 15 is 0 Å². The van der Waals surface area contributed by atoms with Crippen LogP contribution in [0.4, 0.5) is 0 Å². The highest BCUT2D eigenvalue weighted by molar-refractivity contribution is 7.80. The molecule has 0 radical (unpaired) electrons. The van der Waals surface area contributed by atoms with E-state index in [4.69, 9.17) is 21.7 Å². The molecule has 2 rings (SSSR count). The van der Waals surface area contributed by atoms with E-state index in [1.54, 1.807) is 14.2 Å². The van der Waals surface area contributed by atoms with Crippen molar-refractivity contribution in [3.8, 4) is 11.5 Å². The zero-order valence-corrected chi connectivity index (χ0v) is 13.8. The number of thiocarbonyl (C=S) groups is 1. The zero-order valence-electron chi connectivity index (χ0n) is 12.9. The lowest BCUT2D eigenvalue weighted by Crippen LogP contribution is -2.41. The molecule has 5 heteroatoms. The highest BCUT2D eigenvalue weighted by Gasteiger charge is 2.17. The summed E-state index contributed by atoms with van der Waals surface area (Å²) in [7, 11) is 3.28. The van der Waals surface area contributed by atoms with Gasteiger partial charge in [0.25, 0.3) is 0 Å². The third-order valence-electron chi connectivity index (χ3n) is 3.95. The molecule has 1 aliphatic rings. The average molecular weight is 308 g/mol. The van der Waals surface area contributed by atoms with E-state index in [-0.39, 0.29) is 6.04 Å². The molecule has 0 spiro atoms. The molecule has 0 saturated heterocycles. The van der Waals surface area contributed by atoms with Crippen LogP contribution in [-0.2, 0) is 0 Å². The summed E-state index contributed by atoms with van der Waals surface area (Å²) in [6, 6.07) is 6.57. The van der Waals surface area contributed by atoms with Crippen LogP contribution in [0.15, 0.2) is 18.2 Å². The van der Waals surface area contributed by atoms with Crippen molar-refractivity contribution >= 4 is 17.3 Å². The predicted molar refractivity (Wildman–Crippen MR) is 89.1 cm³/mol. The number of nitrogens with one attached hydrogen (secondary N) is 2. The van der Waals surface area contributed by atoms with Crippen molar-refractivity contribution in [3.63, 3.8) is 0 Å². The van der Waals surface area contributed by atoms with Gasteiger partial charge < -0.3 is 20.1 Å². The van der Waals surface area contributed by atoms with E-state index in [0.29, 0.717) is 6.04 Å². The first kappa shape index (κ1) is 15.9. The fraction of sp³-hybridized carbons (Fsp3) is 0.562. The summed E-state index contributed by atoms with van der Waals surface area (Å²) in [5.41, 5.74) is 1.11. The van der Waals surface area contributed by atoms with Crippen LogP contribution in [0, 0.1) is 0 Å². The Balaban J connectivity index is 1.95. The molecule has 2 N–H and O–H groups in total. The summed E-state index contributed by atoms with van der Waals surface area (Å²) >= 11 is 5.40. The highest BCUT2D eigenvalue weighted by atomic mass is 32.1. The summed E-state index contributed by atoms with van der Waals surface area (Å²) in [4.78, 5) is 0. The molecule has 1 atom stereocenters. The molecule has 0 unspecified atom stereocenters. The minimum Gasteiger partial charge on any atom is -0.493 e. The molecule has 116 valence electrons. The van der Waals surface area contributed by atoms with Crippen LogP contribution >= 0.6 is 12.2 Å². The van der Waals surface area contributed by atoms with Crippen molar-refractivity contribution in [2.45, 2.75) is 44.7 Å². The van der Waals surface area contributed by atoms with E-state index in [0.717, 1.165) is 22.2 Å². The molecule has 1 aromatic rings. The number of ether oxygens (including phenoxy) is 2. The van der Waals surface area contributed by atoms with Gasteiger partial charge >= 0.3 is 0 Å². The van der Waals surface area contributed by atoms with Crippen LogP contribution in [0.1, 0.15) is 44.2 Å². The van der Waals surface area contributed by atoms with Gasteiger partial charge in [0, 0.05) is 6.04 Å². The SMILES string of the molecule is COc1ccc([C@H](C)NC(=S)NC2CCCC2)cc1OC. The Morgan fingerprint density at radius 1 is 1.19 bits per heavy atom. The maximum absolute atomic E-state index is 5.40. The number of hydrogen-bond donors (Lipinski definition) is 2. The quantitative estimate of drug-likeness (QED) is 0.818. The van der Waals surface area contributed by atoms with Gasteiger partial charge in [0.05, 0.1) is 20.3 Å². The zero-order chi connectivity index (χ0) is 15.2. The van der Waals surface area contributed by atoms with Crippen molar-refractivity contribution in [2.24, 2.45) is 0 Å². The Kier molecular flexibility index (Phi) is 5.67. The van der Waals surface area contributed by atoms with Crippen LogP contribution in [0.2, 0.25) is 0 Å². The fourth-order valence-corrected chi connectivity index (χ4v) is 3.04. The van der Waals surface area contributed by atoms with Crippen molar-refractivity contribution in [3.05, 3.63) is 23.8 Å². The normalized spacial score (nSPS) is 16.3. The second-order valence-electron chi connectivity index (χ2n) is 5.44. The summed E-state index contributed by atoms with van der Waals surface area (Å²) in [6.45, 7) is 2.09. The van der Waals surface area contributed by atoms with Crippen molar-refractivity contribution in [2.75, 3.05) is 14.2 Å². The minimum absolute atomic E-state index is 0.117. The molecule has 0 aliphatic heterocycles. The third kappa shape index (κ3) is 4.24. The Morgan fingerprint density at radius 2 is 1.86 bits per heavy atom. The van der Waals surface area contributed by atoms with Gasteiger partial charge in [0.1, 0.15) is 0 Å². The molecular formula is C16H24N2O2S. The largest absolute Gasteiger partial charge is 0.493 e. The molecule has 1 saturated carbocycles. The van der Waals surface area contributed by atoms with E-state index in [1.165, 1.54) is 25.7 Å². The lowest BCUT2D eigenvalue weighted by Gasteiger charge is -2.21.